The minimum absolute atomic E-state index is 0.133. The molecule has 0 saturated heterocycles. The van der Waals surface area contributed by atoms with Crippen molar-refractivity contribution in [3.63, 3.8) is 0 Å². The van der Waals surface area contributed by atoms with Crippen LogP contribution in [0.15, 0.2) is 72.8 Å². The summed E-state index contributed by atoms with van der Waals surface area (Å²) in [5.41, 5.74) is 4.93. The standard InChI is InChI=1S/C25H20ClN3O2/c1-15-21(26)7-5-9-22(15)29-25(31)20-14-24(28-23-8-4-3-6-19(20)23)17-10-12-18(13-11-17)27-16(2)30/h3-14H,1-2H3,(H,27,30)(H,29,31). The molecule has 0 unspecified atom stereocenters. The molecule has 154 valence electrons. The van der Waals surface area contributed by atoms with E-state index in [1.54, 1.807) is 18.2 Å². The van der Waals surface area contributed by atoms with E-state index in [0.717, 1.165) is 22.0 Å². The second kappa shape index (κ2) is 8.58. The summed E-state index contributed by atoms with van der Waals surface area (Å²) in [6, 6.07) is 22.1. The van der Waals surface area contributed by atoms with Crippen molar-refractivity contribution in [1.29, 1.82) is 0 Å². The lowest BCUT2D eigenvalue weighted by Gasteiger charge is -2.13. The van der Waals surface area contributed by atoms with E-state index in [9.17, 15) is 9.59 Å². The molecule has 5 nitrogen and oxygen atoms in total. The number of fused-ring (bicyclic) bond motifs is 1. The number of anilines is 2. The molecule has 0 fully saturated rings. The van der Waals surface area contributed by atoms with Crippen LogP contribution in [0, 0.1) is 6.92 Å². The molecular weight excluding hydrogens is 410 g/mol. The Labute approximate surface area is 185 Å². The number of rotatable bonds is 4. The largest absolute Gasteiger partial charge is 0.326 e. The molecule has 0 aliphatic heterocycles. The number of nitrogens with zero attached hydrogens (tertiary/aromatic N) is 1. The first kappa shape index (κ1) is 20.6. The van der Waals surface area contributed by atoms with E-state index >= 15 is 0 Å². The molecule has 0 aliphatic rings. The number of pyridine rings is 1. The van der Waals surface area contributed by atoms with Gasteiger partial charge in [-0.15, -0.1) is 0 Å². The highest BCUT2D eigenvalue weighted by atomic mass is 35.5. The van der Waals surface area contributed by atoms with Crippen LogP contribution in [0.1, 0.15) is 22.8 Å². The molecule has 0 bridgehead atoms. The molecule has 31 heavy (non-hydrogen) atoms. The van der Waals surface area contributed by atoms with E-state index in [1.165, 1.54) is 6.92 Å². The maximum absolute atomic E-state index is 13.2. The van der Waals surface area contributed by atoms with Crippen LogP contribution in [0.5, 0.6) is 0 Å². The molecule has 4 aromatic rings. The molecule has 0 atom stereocenters. The molecule has 1 heterocycles. The molecule has 4 rings (SSSR count). The summed E-state index contributed by atoms with van der Waals surface area (Å²) in [7, 11) is 0. The van der Waals surface area contributed by atoms with Gasteiger partial charge in [0, 0.05) is 34.3 Å². The van der Waals surface area contributed by atoms with Gasteiger partial charge in [0.15, 0.2) is 0 Å². The fourth-order valence-electron chi connectivity index (χ4n) is 3.37. The highest BCUT2D eigenvalue weighted by Crippen LogP contribution is 2.28. The fourth-order valence-corrected chi connectivity index (χ4v) is 3.55. The second-order valence-corrected chi connectivity index (χ2v) is 7.60. The monoisotopic (exact) mass is 429 g/mol. The minimum atomic E-state index is -0.236. The third-order valence-electron chi connectivity index (χ3n) is 4.98. The predicted octanol–water partition coefficient (Wildman–Crippen LogP) is 6.07. The van der Waals surface area contributed by atoms with Crippen molar-refractivity contribution in [3.05, 3.63) is 88.9 Å². The lowest BCUT2D eigenvalue weighted by atomic mass is 10.0. The topological polar surface area (TPSA) is 71.1 Å². The number of halogens is 1. The van der Waals surface area contributed by atoms with Gasteiger partial charge in [0.2, 0.25) is 5.91 Å². The van der Waals surface area contributed by atoms with Crippen LogP contribution in [0.2, 0.25) is 5.02 Å². The van der Waals surface area contributed by atoms with Gasteiger partial charge in [-0.25, -0.2) is 4.98 Å². The molecule has 2 N–H and O–H groups in total. The Morgan fingerprint density at radius 1 is 0.903 bits per heavy atom. The Hall–Kier alpha value is -3.70. The van der Waals surface area contributed by atoms with Gasteiger partial charge >= 0.3 is 0 Å². The fraction of sp³-hybridized carbons (Fsp3) is 0.0800. The highest BCUT2D eigenvalue weighted by molar-refractivity contribution is 6.31. The third-order valence-corrected chi connectivity index (χ3v) is 5.39. The average molecular weight is 430 g/mol. The quantitative estimate of drug-likeness (QED) is 0.413. The number of aromatic nitrogens is 1. The van der Waals surface area contributed by atoms with Crippen LogP contribution in [-0.4, -0.2) is 16.8 Å². The van der Waals surface area contributed by atoms with Crippen LogP contribution in [0.25, 0.3) is 22.2 Å². The summed E-state index contributed by atoms with van der Waals surface area (Å²) in [4.78, 5) is 29.2. The number of hydrogen-bond acceptors (Lipinski definition) is 3. The Morgan fingerprint density at radius 3 is 2.39 bits per heavy atom. The number of para-hydroxylation sites is 1. The zero-order valence-electron chi connectivity index (χ0n) is 17.1. The molecule has 0 saturated carbocycles. The van der Waals surface area contributed by atoms with Crippen molar-refractivity contribution < 1.29 is 9.59 Å². The normalized spacial score (nSPS) is 10.7. The van der Waals surface area contributed by atoms with Crippen LogP contribution in [0.3, 0.4) is 0 Å². The minimum Gasteiger partial charge on any atom is -0.326 e. The van der Waals surface area contributed by atoms with E-state index in [4.69, 9.17) is 16.6 Å². The third kappa shape index (κ3) is 4.42. The SMILES string of the molecule is CC(=O)Nc1ccc(-c2cc(C(=O)Nc3cccc(Cl)c3C)c3ccccc3n2)cc1. The average Bonchev–Trinajstić information content (AvgIpc) is 2.76. The van der Waals surface area contributed by atoms with Gasteiger partial charge in [0.25, 0.3) is 5.91 Å². The molecule has 0 spiro atoms. The first-order valence-corrected chi connectivity index (χ1v) is 10.1. The number of hydrogen-bond donors (Lipinski definition) is 2. The summed E-state index contributed by atoms with van der Waals surface area (Å²) in [6.07, 6.45) is 0. The van der Waals surface area contributed by atoms with Gasteiger partial charge in [-0.2, -0.15) is 0 Å². The molecule has 6 heteroatoms. The maximum atomic E-state index is 13.2. The number of carbonyl (C=O) groups excluding carboxylic acids is 2. The van der Waals surface area contributed by atoms with Crippen LogP contribution in [-0.2, 0) is 4.79 Å². The number of amides is 2. The highest BCUT2D eigenvalue weighted by Gasteiger charge is 2.15. The van der Waals surface area contributed by atoms with Crippen molar-refractivity contribution in [3.8, 4) is 11.3 Å². The summed E-state index contributed by atoms with van der Waals surface area (Å²) in [6.45, 7) is 3.33. The zero-order chi connectivity index (χ0) is 22.0. The van der Waals surface area contributed by atoms with Gasteiger partial charge in [0.1, 0.15) is 0 Å². The first-order chi connectivity index (χ1) is 14.9. The van der Waals surface area contributed by atoms with Gasteiger partial charge in [0.05, 0.1) is 16.8 Å². The number of nitrogens with one attached hydrogen (secondary N) is 2. The van der Waals surface area contributed by atoms with Crippen molar-refractivity contribution in [2.45, 2.75) is 13.8 Å². The molecule has 2 amide bonds. The summed E-state index contributed by atoms with van der Waals surface area (Å²) in [5, 5.41) is 7.07. The van der Waals surface area contributed by atoms with Gasteiger partial charge in [-0.3, -0.25) is 9.59 Å². The molecule has 3 aromatic carbocycles. The summed E-state index contributed by atoms with van der Waals surface area (Å²) >= 11 is 6.20. The summed E-state index contributed by atoms with van der Waals surface area (Å²) in [5.74, 6) is -0.369. The van der Waals surface area contributed by atoms with Crippen LogP contribution in [0.4, 0.5) is 11.4 Å². The lowest BCUT2D eigenvalue weighted by Crippen LogP contribution is -2.14. The Kier molecular flexibility index (Phi) is 5.69. The maximum Gasteiger partial charge on any atom is 0.256 e. The zero-order valence-corrected chi connectivity index (χ0v) is 17.8. The number of carbonyl (C=O) groups is 2. The van der Waals surface area contributed by atoms with Crippen molar-refractivity contribution >= 4 is 45.7 Å². The summed E-state index contributed by atoms with van der Waals surface area (Å²) < 4.78 is 0. The lowest BCUT2D eigenvalue weighted by molar-refractivity contribution is -0.114. The van der Waals surface area contributed by atoms with Gasteiger partial charge in [-0.1, -0.05) is 48.0 Å². The van der Waals surface area contributed by atoms with Crippen LogP contribution >= 0.6 is 11.6 Å². The van der Waals surface area contributed by atoms with Crippen molar-refractivity contribution in [1.82, 2.24) is 4.98 Å². The van der Waals surface area contributed by atoms with Gasteiger partial charge < -0.3 is 10.6 Å². The van der Waals surface area contributed by atoms with Crippen molar-refractivity contribution in [2.75, 3.05) is 10.6 Å². The van der Waals surface area contributed by atoms with E-state index < -0.39 is 0 Å². The molecule has 0 aliphatic carbocycles. The Balaban J connectivity index is 1.75. The second-order valence-electron chi connectivity index (χ2n) is 7.20. The van der Waals surface area contributed by atoms with E-state index in [0.29, 0.717) is 27.7 Å². The molecule has 0 radical (unpaired) electrons. The van der Waals surface area contributed by atoms with E-state index in [-0.39, 0.29) is 11.8 Å². The van der Waals surface area contributed by atoms with Crippen molar-refractivity contribution in [2.24, 2.45) is 0 Å². The van der Waals surface area contributed by atoms with E-state index in [2.05, 4.69) is 10.6 Å². The predicted molar refractivity (Wildman–Crippen MR) is 126 cm³/mol. The first-order valence-electron chi connectivity index (χ1n) is 9.76. The van der Waals surface area contributed by atoms with E-state index in [1.807, 2.05) is 61.5 Å². The molecular formula is C25H20ClN3O2. The number of benzene rings is 3. The van der Waals surface area contributed by atoms with Gasteiger partial charge in [-0.05, 0) is 48.9 Å². The smallest absolute Gasteiger partial charge is 0.256 e. The molecule has 1 aromatic heterocycles. The Bertz CT molecular complexity index is 1300. The van der Waals surface area contributed by atoms with Crippen LogP contribution < -0.4 is 10.6 Å². The Morgan fingerprint density at radius 2 is 1.65 bits per heavy atom.